The monoisotopic (exact) mass is 483 g/mol. The first-order valence-corrected chi connectivity index (χ1v) is 11.9. The standard InChI is InChI=1S/C27H27Cl2NO3/c1-27(2)13-22-26(23(31)14-27)18(15-5-6-19(28)20(29)9-15)11-21-17-12-25(33-4)24(32-3)10-16(17)7-8-30(21)22/h5-6,9-12,18H,7-8,13-14H2,1-4H3. The van der Waals surface area contributed by atoms with Gasteiger partial charge in [0.2, 0.25) is 0 Å². The van der Waals surface area contributed by atoms with E-state index in [0.717, 1.165) is 53.2 Å². The lowest BCUT2D eigenvalue weighted by Gasteiger charge is -2.46. The van der Waals surface area contributed by atoms with Gasteiger partial charge >= 0.3 is 0 Å². The molecule has 0 saturated carbocycles. The van der Waals surface area contributed by atoms with E-state index in [1.807, 2.05) is 18.2 Å². The van der Waals surface area contributed by atoms with E-state index < -0.39 is 0 Å². The Hall–Kier alpha value is -2.43. The number of methoxy groups -OCH3 is 2. The largest absolute Gasteiger partial charge is 0.493 e. The molecule has 0 aromatic heterocycles. The number of carbonyl (C=O) groups is 1. The maximum atomic E-state index is 13.5. The van der Waals surface area contributed by atoms with Crippen LogP contribution in [0.15, 0.2) is 47.7 Å². The van der Waals surface area contributed by atoms with E-state index in [1.54, 1.807) is 14.2 Å². The van der Waals surface area contributed by atoms with E-state index in [4.69, 9.17) is 32.7 Å². The van der Waals surface area contributed by atoms with Gasteiger partial charge in [0.25, 0.3) is 0 Å². The van der Waals surface area contributed by atoms with Gasteiger partial charge in [-0.25, -0.2) is 0 Å². The van der Waals surface area contributed by atoms with Crippen molar-refractivity contribution < 1.29 is 14.3 Å². The molecule has 0 radical (unpaired) electrons. The molecule has 0 N–H and O–H groups in total. The predicted octanol–water partition coefficient (Wildman–Crippen LogP) is 6.65. The number of fused-ring (bicyclic) bond motifs is 4. The fourth-order valence-electron chi connectivity index (χ4n) is 5.43. The molecule has 1 aliphatic carbocycles. The minimum atomic E-state index is -0.177. The molecule has 4 nitrogen and oxygen atoms in total. The van der Waals surface area contributed by atoms with Gasteiger partial charge in [-0.2, -0.15) is 0 Å². The SMILES string of the molecule is COc1cc2c(cc1OC)C1=CC(c3ccc(Cl)c(Cl)c3)C3=C(CC(C)(C)CC3=O)N1CC2. The molecule has 2 aromatic rings. The number of allylic oxidation sites excluding steroid dienone is 3. The average molecular weight is 484 g/mol. The first-order valence-electron chi connectivity index (χ1n) is 11.2. The third-order valence-electron chi connectivity index (χ3n) is 6.94. The zero-order valence-electron chi connectivity index (χ0n) is 19.3. The molecule has 0 bridgehead atoms. The highest BCUT2D eigenvalue weighted by atomic mass is 35.5. The molecular formula is C27H27Cl2NO3. The molecule has 2 aromatic carbocycles. The smallest absolute Gasteiger partial charge is 0.162 e. The van der Waals surface area contributed by atoms with Crippen LogP contribution in [0.25, 0.3) is 5.70 Å². The van der Waals surface area contributed by atoms with Gasteiger partial charge in [0.15, 0.2) is 17.3 Å². The summed E-state index contributed by atoms with van der Waals surface area (Å²) >= 11 is 12.6. The van der Waals surface area contributed by atoms with Gasteiger partial charge < -0.3 is 14.4 Å². The van der Waals surface area contributed by atoms with E-state index in [9.17, 15) is 4.79 Å². The maximum absolute atomic E-state index is 13.5. The summed E-state index contributed by atoms with van der Waals surface area (Å²) in [5, 5.41) is 1.01. The summed E-state index contributed by atoms with van der Waals surface area (Å²) in [4.78, 5) is 15.8. The van der Waals surface area contributed by atoms with Gasteiger partial charge in [-0.05, 0) is 59.7 Å². The molecule has 1 atom stereocenters. The Morgan fingerprint density at radius 1 is 1.00 bits per heavy atom. The molecule has 0 saturated heterocycles. The topological polar surface area (TPSA) is 38.8 Å². The number of rotatable bonds is 3. The van der Waals surface area contributed by atoms with Gasteiger partial charge in [-0.15, -0.1) is 0 Å². The van der Waals surface area contributed by atoms with E-state index >= 15 is 0 Å². The van der Waals surface area contributed by atoms with Gasteiger partial charge in [0.1, 0.15) is 0 Å². The van der Waals surface area contributed by atoms with Crippen LogP contribution in [0.2, 0.25) is 10.0 Å². The highest BCUT2D eigenvalue weighted by Crippen LogP contribution is 2.51. The zero-order valence-corrected chi connectivity index (χ0v) is 20.8. The second kappa shape index (κ2) is 8.11. The van der Waals surface area contributed by atoms with Crippen LogP contribution in [0, 0.1) is 5.41 Å². The van der Waals surface area contributed by atoms with Crippen LogP contribution in [-0.4, -0.2) is 31.4 Å². The molecule has 172 valence electrons. The maximum Gasteiger partial charge on any atom is 0.162 e. The summed E-state index contributed by atoms with van der Waals surface area (Å²) in [5.41, 5.74) is 6.35. The molecular weight excluding hydrogens is 457 g/mol. The second-order valence-electron chi connectivity index (χ2n) is 9.77. The van der Waals surface area contributed by atoms with Crippen molar-refractivity contribution in [2.75, 3.05) is 20.8 Å². The molecule has 0 spiro atoms. The van der Waals surface area contributed by atoms with Crippen LogP contribution in [0.1, 0.15) is 49.3 Å². The summed E-state index contributed by atoms with van der Waals surface area (Å²) in [6, 6.07) is 9.79. The van der Waals surface area contributed by atoms with Gasteiger partial charge in [0, 0.05) is 41.4 Å². The van der Waals surface area contributed by atoms with Crippen LogP contribution in [-0.2, 0) is 11.2 Å². The van der Waals surface area contributed by atoms with Crippen LogP contribution in [0.3, 0.4) is 0 Å². The fourth-order valence-corrected chi connectivity index (χ4v) is 5.74. The summed E-state index contributed by atoms with van der Waals surface area (Å²) < 4.78 is 11.2. The van der Waals surface area contributed by atoms with Crippen molar-refractivity contribution in [1.82, 2.24) is 4.90 Å². The van der Waals surface area contributed by atoms with E-state index in [1.165, 1.54) is 5.56 Å². The number of hydrogen-bond acceptors (Lipinski definition) is 4. The molecule has 33 heavy (non-hydrogen) atoms. The number of halogens is 2. The van der Waals surface area contributed by atoms with E-state index in [0.29, 0.717) is 22.2 Å². The van der Waals surface area contributed by atoms with Gasteiger partial charge in [-0.3, -0.25) is 4.79 Å². The first kappa shape index (κ1) is 22.4. The van der Waals surface area contributed by atoms with Crippen LogP contribution in [0.5, 0.6) is 11.5 Å². The Labute approximate surface area is 204 Å². The fraction of sp³-hybridized carbons (Fsp3) is 0.370. The second-order valence-corrected chi connectivity index (χ2v) is 10.6. The first-order chi connectivity index (χ1) is 15.7. The minimum absolute atomic E-state index is 0.0849. The molecule has 6 heteroatoms. The highest BCUT2D eigenvalue weighted by molar-refractivity contribution is 6.42. The van der Waals surface area contributed by atoms with E-state index in [-0.39, 0.29) is 17.1 Å². The summed E-state index contributed by atoms with van der Waals surface area (Å²) in [6.45, 7) is 5.17. The molecule has 0 amide bonds. The van der Waals surface area contributed by atoms with Crippen LogP contribution in [0.4, 0.5) is 0 Å². The molecule has 2 aliphatic heterocycles. The molecule has 0 fully saturated rings. The Bertz CT molecular complexity index is 1230. The van der Waals surface area contributed by atoms with Crippen molar-refractivity contribution in [3.05, 3.63) is 74.4 Å². The van der Waals surface area contributed by atoms with Crippen molar-refractivity contribution >= 4 is 34.7 Å². The zero-order chi connectivity index (χ0) is 23.5. The third-order valence-corrected chi connectivity index (χ3v) is 7.68. The van der Waals surface area contributed by atoms with Gasteiger partial charge in [-0.1, -0.05) is 43.1 Å². The normalized spacial score (nSPS) is 21.2. The van der Waals surface area contributed by atoms with Crippen molar-refractivity contribution in [1.29, 1.82) is 0 Å². The number of benzene rings is 2. The molecule has 1 unspecified atom stereocenters. The third kappa shape index (κ3) is 3.74. The lowest BCUT2D eigenvalue weighted by molar-refractivity contribution is -0.118. The number of nitrogens with zero attached hydrogens (tertiary/aromatic N) is 1. The van der Waals surface area contributed by atoms with E-state index in [2.05, 4.69) is 37.0 Å². The van der Waals surface area contributed by atoms with Crippen LogP contribution < -0.4 is 9.47 Å². The minimum Gasteiger partial charge on any atom is -0.493 e. The lowest BCUT2D eigenvalue weighted by atomic mass is 9.69. The summed E-state index contributed by atoms with van der Waals surface area (Å²) in [5.74, 6) is 1.47. The summed E-state index contributed by atoms with van der Waals surface area (Å²) in [7, 11) is 3.31. The molecule has 5 rings (SSSR count). The average Bonchev–Trinajstić information content (AvgIpc) is 2.78. The Morgan fingerprint density at radius 3 is 2.42 bits per heavy atom. The van der Waals surface area contributed by atoms with Crippen molar-refractivity contribution in [3.63, 3.8) is 0 Å². The number of ether oxygens (including phenoxy) is 2. The number of ketones is 1. The lowest BCUT2D eigenvalue weighted by Crippen LogP contribution is -2.40. The number of hydrogen-bond donors (Lipinski definition) is 0. The van der Waals surface area contributed by atoms with Crippen molar-refractivity contribution in [2.45, 2.75) is 39.0 Å². The quantitative estimate of drug-likeness (QED) is 0.489. The molecule has 3 aliphatic rings. The Morgan fingerprint density at radius 2 is 1.73 bits per heavy atom. The predicted molar refractivity (Wildman–Crippen MR) is 132 cm³/mol. The van der Waals surface area contributed by atoms with Crippen molar-refractivity contribution in [2.24, 2.45) is 5.41 Å². The van der Waals surface area contributed by atoms with Gasteiger partial charge in [0.05, 0.1) is 24.3 Å². The highest BCUT2D eigenvalue weighted by Gasteiger charge is 2.42. The molecule has 2 heterocycles. The Kier molecular flexibility index (Phi) is 5.49. The van der Waals surface area contributed by atoms with Crippen LogP contribution >= 0.6 is 23.2 Å². The summed E-state index contributed by atoms with van der Waals surface area (Å²) in [6.07, 6.45) is 4.47. The Balaban J connectivity index is 1.72. The number of carbonyl (C=O) groups excluding carboxylic acids is 1. The van der Waals surface area contributed by atoms with Crippen molar-refractivity contribution in [3.8, 4) is 11.5 Å². The number of Topliss-reactive ketones (excluding diaryl/α,β-unsaturated/α-hetero) is 1.